The lowest BCUT2D eigenvalue weighted by Gasteiger charge is -2.35. The van der Waals surface area contributed by atoms with Crippen LogP contribution in [-0.4, -0.2) is 100 Å². The molecule has 8 aliphatic heterocycles. The van der Waals surface area contributed by atoms with Crippen LogP contribution in [0.1, 0.15) is 201 Å². The molecule has 9 aliphatic rings. The van der Waals surface area contributed by atoms with E-state index in [9.17, 15) is 0 Å². The van der Waals surface area contributed by atoms with E-state index in [0.29, 0.717) is 46.0 Å². The third kappa shape index (κ3) is 10.6. The SMILES string of the molecule is CC1(C)OB(c2ccc(C3c4cc5c6cc4OCOc4cc7c(cc43)C(c3ccc(B4OC(C)(C)C(C)(C)O4)cc3)c3cc4c(cc3OCO7)OCOc3cc(c(cc3C4c3ccc(B4OC(C)(C)C(C)(C)O4)cc3)C5c3ccc(B4OC(C)(C)C(C)(C)O4)cc3)OCO6)cc2)OC1(C)C. The van der Waals surface area contributed by atoms with Crippen LogP contribution >= 0.6 is 0 Å². The third-order valence-electron chi connectivity index (χ3n) is 24.0. The maximum absolute atomic E-state index is 6.91. The van der Waals surface area contributed by atoms with Crippen LogP contribution in [0.25, 0.3) is 0 Å². The maximum atomic E-state index is 6.91. The minimum absolute atomic E-state index is 0.130. The Balaban J connectivity index is 0.939. The average molecular weight is 1340 g/mol. The van der Waals surface area contributed by atoms with Gasteiger partial charge in [0.25, 0.3) is 0 Å². The van der Waals surface area contributed by atoms with Gasteiger partial charge >= 0.3 is 28.5 Å². The van der Waals surface area contributed by atoms with Gasteiger partial charge in [0.1, 0.15) is 46.0 Å². The summed E-state index contributed by atoms with van der Waals surface area (Å²) in [5, 5.41) is 0. The topological polar surface area (TPSA) is 148 Å². The molecule has 8 aromatic carbocycles. The normalized spacial score (nSPS) is 24.3. The van der Waals surface area contributed by atoms with Crippen molar-refractivity contribution < 1.29 is 75.1 Å². The molecule has 0 unspecified atom stereocenters. The molecule has 0 atom stereocenters. The molecule has 16 nitrogen and oxygen atoms in total. The van der Waals surface area contributed by atoms with Gasteiger partial charge in [-0.15, -0.1) is 0 Å². The zero-order valence-electron chi connectivity index (χ0n) is 59.8. The minimum atomic E-state index is -0.597. The van der Waals surface area contributed by atoms with Gasteiger partial charge in [-0.2, -0.15) is 0 Å². The highest BCUT2D eigenvalue weighted by Gasteiger charge is 2.56. The van der Waals surface area contributed by atoms with E-state index in [1.165, 1.54) is 0 Å². The van der Waals surface area contributed by atoms with E-state index in [-0.39, 0.29) is 27.2 Å². The summed E-state index contributed by atoms with van der Waals surface area (Å²) in [6.45, 7) is 32.7. The van der Waals surface area contributed by atoms with E-state index in [2.05, 4.69) is 232 Å². The average Bonchev–Trinajstić information content (AvgIpc) is 1.08. The van der Waals surface area contributed by atoms with E-state index < -0.39 is 97.0 Å². The summed E-state index contributed by atoms with van der Waals surface area (Å²) in [7, 11) is -2.39. The molecule has 0 saturated carbocycles. The number of hydrogen-bond acceptors (Lipinski definition) is 16. The molecular formula is C80H84B4O16. The Kier molecular flexibility index (Phi) is 14.9. The van der Waals surface area contributed by atoms with Crippen molar-refractivity contribution in [1.29, 1.82) is 0 Å². The van der Waals surface area contributed by atoms with Gasteiger partial charge in [-0.3, -0.25) is 0 Å². The van der Waals surface area contributed by atoms with Crippen LogP contribution in [0.2, 0.25) is 0 Å². The monoisotopic (exact) mass is 1340 g/mol. The molecule has 20 heteroatoms. The Bertz CT molecular complexity index is 3830. The summed E-state index contributed by atoms with van der Waals surface area (Å²) in [5.74, 6) is 2.41. The van der Waals surface area contributed by atoms with E-state index in [1.54, 1.807) is 0 Å². The van der Waals surface area contributed by atoms with Crippen molar-refractivity contribution in [1.82, 2.24) is 0 Å². The second-order valence-corrected chi connectivity index (χ2v) is 32.1. The van der Waals surface area contributed by atoms with Gasteiger partial charge < -0.3 is 75.1 Å². The summed E-state index contributed by atoms with van der Waals surface area (Å²) in [5.41, 5.74) is 9.98. The lowest BCUT2D eigenvalue weighted by molar-refractivity contribution is 0.00578. The first kappa shape index (κ1) is 65.4. The van der Waals surface area contributed by atoms with Gasteiger partial charge in [-0.25, -0.2) is 0 Å². The van der Waals surface area contributed by atoms with Crippen molar-refractivity contribution in [2.45, 2.75) is 179 Å². The van der Waals surface area contributed by atoms with Crippen LogP contribution in [0.3, 0.4) is 0 Å². The standard InChI is InChI=1S/C80H84B4O16/c1-73(2)74(3,4)94-81(93-73)49-25-17-45(18-26-49)69-53-33-55-63-37-61(53)85-41-86-62-38-64-56(34-54(62)69)71(47-21-29-51(30-22-47)83-97-77(9,10)78(11,12)98-83)58-36-60-68(40-66(58)90-43-88-64)92-44-91-67-39-65(89-42-87-63)57(70(55)46-19-27-50(28-20-46)82-95-75(5,6)76(7,8)96-82)35-59(67)72(60)48-23-31-52(32-24-48)84-99-79(13,14)80(15,16)100-84/h17-40,69-72H,41-44H2,1-16H3. The quantitative estimate of drug-likeness (QED) is 0.133. The molecule has 8 bridgehead atoms. The van der Waals surface area contributed by atoms with Crippen molar-refractivity contribution in [3.05, 3.63) is 212 Å². The molecule has 4 fully saturated rings. The van der Waals surface area contributed by atoms with E-state index >= 15 is 0 Å². The van der Waals surface area contributed by atoms with Crippen LogP contribution in [0.4, 0.5) is 0 Å². The molecular weight excluding hydrogens is 1260 g/mol. The van der Waals surface area contributed by atoms with Gasteiger partial charge in [0.2, 0.25) is 27.2 Å². The Morgan fingerprint density at radius 3 is 0.490 bits per heavy atom. The van der Waals surface area contributed by atoms with Crippen LogP contribution in [0.15, 0.2) is 146 Å². The second kappa shape index (κ2) is 22.8. The molecule has 0 radical (unpaired) electrons. The van der Waals surface area contributed by atoms with Crippen LogP contribution in [-0.2, 0) is 37.2 Å². The van der Waals surface area contributed by atoms with Gasteiger partial charge in [-0.1, -0.05) is 97.1 Å². The highest BCUT2D eigenvalue weighted by Crippen LogP contribution is 2.57. The molecule has 0 spiro atoms. The lowest BCUT2D eigenvalue weighted by atomic mass is 9.73. The zero-order valence-corrected chi connectivity index (χ0v) is 59.8. The summed E-state index contributed by atoms with van der Waals surface area (Å²) in [6.07, 6.45) is 0. The largest absolute Gasteiger partial charge is 0.494 e. The first-order valence-corrected chi connectivity index (χ1v) is 35.0. The van der Waals surface area contributed by atoms with Crippen molar-refractivity contribution in [3.63, 3.8) is 0 Å². The van der Waals surface area contributed by atoms with Crippen molar-refractivity contribution in [2.24, 2.45) is 0 Å². The predicted molar refractivity (Wildman–Crippen MR) is 383 cm³/mol. The molecule has 8 aromatic rings. The summed E-state index contributed by atoms with van der Waals surface area (Å²) in [4.78, 5) is 0. The Labute approximate surface area is 587 Å². The van der Waals surface area contributed by atoms with Crippen LogP contribution in [0, 0.1) is 0 Å². The Morgan fingerprint density at radius 2 is 0.350 bits per heavy atom. The second-order valence-electron chi connectivity index (χ2n) is 32.1. The molecule has 4 saturated heterocycles. The van der Waals surface area contributed by atoms with Crippen LogP contribution < -0.4 is 59.7 Å². The maximum Gasteiger partial charge on any atom is 0.494 e. The number of benzene rings is 8. The summed E-state index contributed by atoms with van der Waals surface area (Å²) in [6, 6.07) is 51.4. The fraction of sp³-hybridized carbons (Fsp3) is 0.400. The lowest BCUT2D eigenvalue weighted by Crippen LogP contribution is -2.41. The molecule has 0 aromatic heterocycles. The van der Waals surface area contributed by atoms with E-state index in [4.69, 9.17) is 75.1 Å². The highest BCUT2D eigenvalue weighted by molar-refractivity contribution is 6.63. The molecule has 8 heterocycles. The number of rotatable bonds is 8. The molecule has 512 valence electrons. The zero-order chi connectivity index (χ0) is 69.6. The van der Waals surface area contributed by atoms with E-state index in [1.807, 2.05) is 24.3 Å². The molecule has 0 N–H and O–H groups in total. The van der Waals surface area contributed by atoms with Gasteiger partial charge in [0, 0.05) is 92.4 Å². The van der Waals surface area contributed by atoms with Crippen molar-refractivity contribution in [3.8, 4) is 46.0 Å². The first-order valence-electron chi connectivity index (χ1n) is 35.0. The predicted octanol–water partition coefficient (Wildman–Crippen LogP) is 12.8. The van der Waals surface area contributed by atoms with Crippen LogP contribution in [0.5, 0.6) is 46.0 Å². The smallest absolute Gasteiger partial charge is 0.457 e. The van der Waals surface area contributed by atoms with Crippen molar-refractivity contribution in [2.75, 3.05) is 27.2 Å². The molecule has 17 rings (SSSR count). The summed E-state index contributed by atoms with van der Waals surface area (Å²) >= 11 is 0. The van der Waals surface area contributed by atoms with E-state index in [0.717, 1.165) is 88.6 Å². The molecule has 1 aliphatic carbocycles. The fourth-order valence-corrected chi connectivity index (χ4v) is 15.2. The molecule has 0 amide bonds. The fourth-order valence-electron chi connectivity index (χ4n) is 15.2. The minimum Gasteiger partial charge on any atom is -0.457 e. The highest BCUT2D eigenvalue weighted by atomic mass is 16.7. The number of ether oxygens (including phenoxy) is 8. The van der Waals surface area contributed by atoms with Gasteiger partial charge in [0.05, 0.1) is 44.8 Å². The van der Waals surface area contributed by atoms with Gasteiger partial charge in [-0.05, 0) is 179 Å². The summed E-state index contributed by atoms with van der Waals surface area (Å²) < 4.78 is 109. The molecule has 100 heavy (non-hydrogen) atoms. The van der Waals surface area contributed by atoms with Gasteiger partial charge in [0.15, 0.2) is 0 Å². The van der Waals surface area contributed by atoms with Crippen molar-refractivity contribution >= 4 is 50.3 Å². The number of hydrogen-bond donors (Lipinski definition) is 0. The Hall–Kier alpha value is -7.90. The Morgan fingerprint density at radius 1 is 0.210 bits per heavy atom. The third-order valence-corrected chi connectivity index (χ3v) is 24.0. The first-order chi connectivity index (χ1) is 47.4.